The molecule has 54 valence electrons. The summed E-state index contributed by atoms with van der Waals surface area (Å²) in [6.45, 7) is 1.92. The van der Waals surface area contributed by atoms with E-state index in [2.05, 4.69) is 0 Å². The van der Waals surface area contributed by atoms with E-state index in [0.717, 1.165) is 10.5 Å². The molecule has 1 nitrogen and oxygen atoms in total. The van der Waals surface area contributed by atoms with Crippen LogP contribution in [0.2, 0.25) is 5.02 Å². The van der Waals surface area contributed by atoms with Crippen LogP contribution in [0.4, 0.5) is 0 Å². The van der Waals surface area contributed by atoms with Gasteiger partial charge in [-0.2, -0.15) is 0 Å². The van der Waals surface area contributed by atoms with Crippen molar-refractivity contribution < 1.29 is 4.55 Å². The molecule has 0 saturated carbocycles. The minimum absolute atomic E-state index is 0.694. The Morgan fingerprint density at radius 3 is 2.70 bits per heavy atom. The highest BCUT2D eigenvalue weighted by Crippen LogP contribution is 2.21. The lowest BCUT2D eigenvalue weighted by Crippen LogP contribution is -1.75. The maximum atomic E-state index is 8.61. The third-order valence-electron chi connectivity index (χ3n) is 1.25. The zero-order valence-corrected chi connectivity index (χ0v) is 7.04. The Morgan fingerprint density at radius 1 is 1.50 bits per heavy atom. The van der Waals surface area contributed by atoms with Crippen molar-refractivity contribution in [2.75, 3.05) is 0 Å². The molecule has 0 radical (unpaired) electrons. The summed E-state index contributed by atoms with van der Waals surface area (Å²) in [6.07, 6.45) is 0. The first kappa shape index (κ1) is 7.92. The minimum atomic E-state index is 0.694. The molecule has 10 heavy (non-hydrogen) atoms. The molecule has 0 heterocycles. The Labute approximate surface area is 69.2 Å². The van der Waals surface area contributed by atoms with Gasteiger partial charge in [0.05, 0.1) is 0 Å². The maximum Gasteiger partial charge on any atom is 0.0447 e. The van der Waals surface area contributed by atoms with Crippen molar-refractivity contribution in [2.45, 2.75) is 11.8 Å². The summed E-state index contributed by atoms with van der Waals surface area (Å²) in [5, 5.41) is 0.694. The fourth-order valence-electron chi connectivity index (χ4n) is 0.630. The zero-order chi connectivity index (χ0) is 7.56. The van der Waals surface area contributed by atoms with E-state index in [1.165, 1.54) is 0 Å². The highest BCUT2D eigenvalue weighted by atomic mass is 35.5. The monoisotopic (exact) mass is 174 g/mol. The fraction of sp³-hybridized carbons (Fsp3) is 0.143. The van der Waals surface area contributed by atoms with Crippen LogP contribution in [0, 0.1) is 6.92 Å². The van der Waals surface area contributed by atoms with Crippen molar-refractivity contribution in [1.29, 1.82) is 0 Å². The van der Waals surface area contributed by atoms with Crippen molar-refractivity contribution in [3.8, 4) is 0 Å². The van der Waals surface area contributed by atoms with Gasteiger partial charge in [0, 0.05) is 22.0 Å². The van der Waals surface area contributed by atoms with Gasteiger partial charge >= 0.3 is 0 Å². The van der Waals surface area contributed by atoms with Gasteiger partial charge in [-0.1, -0.05) is 17.7 Å². The van der Waals surface area contributed by atoms with Crippen molar-refractivity contribution in [3.05, 3.63) is 28.8 Å². The predicted octanol–water partition coefficient (Wildman–Crippen LogP) is 3.21. The predicted molar refractivity (Wildman–Crippen MR) is 44.7 cm³/mol. The van der Waals surface area contributed by atoms with Crippen LogP contribution in [-0.4, -0.2) is 4.55 Å². The number of halogens is 1. The van der Waals surface area contributed by atoms with Crippen LogP contribution in [-0.2, 0) is 0 Å². The van der Waals surface area contributed by atoms with E-state index in [1.54, 1.807) is 6.07 Å². The fourth-order valence-corrected chi connectivity index (χ4v) is 1.18. The van der Waals surface area contributed by atoms with Gasteiger partial charge in [0.15, 0.2) is 0 Å². The largest absolute Gasteiger partial charge is 0.325 e. The number of aryl methyl sites for hydroxylation is 1. The second-order valence-corrected chi connectivity index (χ2v) is 3.06. The van der Waals surface area contributed by atoms with E-state index < -0.39 is 0 Å². The molecule has 1 N–H and O–H groups in total. The van der Waals surface area contributed by atoms with Crippen molar-refractivity contribution in [3.63, 3.8) is 0 Å². The van der Waals surface area contributed by atoms with Crippen molar-refractivity contribution in [2.24, 2.45) is 0 Å². The van der Waals surface area contributed by atoms with Gasteiger partial charge in [-0.3, -0.25) is 0 Å². The van der Waals surface area contributed by atoms with E-state index in [-0.39, 0.29) is 0 Å². The molecule has 0 saturated heterocycles. The first-order chi connectivity index (χ1) is 4.74. The summed E-state index contributed by atoms with van der Waals surface area (Å²) in [7, 11) is 0. The van der Waals surface area contributed by atoms with Crippen LogP contribution in [0.3, 0.4) is 0 Å². The SMILES string of the molecule is Cc1ccc(SO)cc1Cl. The summed E-state index contributed by atoms with van der Waals surface area (Å²) in [4.78, 5) is 0.774. The topological polar surface area (TPSA) is 20.2 Å². The lowest BCUT2D eigenvalue weighted by molar-refractivity contribution is 0.664. The first-order valence-corrected chi connectivity index (χ1v) is 3.97. The summed E-state index contributed by atoms with van der Waals surface area (Å²) < 4.78 is 8.61. The highest BCUT2D eigenvalue weighted by molar-refractivity contribution is 7.93. The molecule has 1 rings (SSSR count). The molecule has 1 aromatic rings. The van der Waals surface area contributed by atoms with Crippen LogP contribution in [0.1, 0.15) is 5.56 Å². The van der Waals surface area contributed by atoms with E-state index in [9.17, 15) is 0 Å². The summed E-state index contributed by atoms with van der Waals surface area (Å²) >= 11 is 6.48. The lowest BCUT2D eigenvalue weighted by atomic mass is 10.2. The summed E-state index contributed by atoms with van der Waals surface area (Å²) in [5.74, 6) is 0. The summed E-state index contributed by atoms with van der Waals surface area (Å²) in [5.41, 5.74) is 1.03. The van der Waals surface area contributed by atoms with E-state index >= 15 is 0 Å². The molecule has 0 aliphatic carbocycles. The zero-order valence-electron chi connectivity index (χ0n) is 5.47. The second kappa shape index (κ2) is 3.28. The Kier molecular flexibility index (Phi) is 2.60. The molecule has 0 bridgehead atoms. The standard InChI is InChI=1S/C7H7ClOS/c1-5-2-3-6(10-9)4-7(5)8/h2-4,9H,1H3. The molecule has 0 atom stereocenters. The molecule has 0 fully saturated rings. The third-order valence-corrected chi connectivity index (χ3v) is 2.12. The molecular weight excluding hydrogens is 168 g/mol. The maximum absolute atomic E-state index is 8.61. The number of rotatable bonds is 1. The Bertz CT molecular complexity index is 237. The minimum Gasteiger partial charge on any atom is -0.325 e. The molecule has 0 aromatic heterocycles. The normalized spacial score (nSPS) is 9.90. The molecule has 0 amide bonds. The van der Waals surface area contributed by atoms with Crippen LogP contribution in [0.15, 0.2) is 23.1 Å². The van der Waals surface area contributed by atoms with Crippen LogP contribution in [0.5, 0.6) is 0 Å². The molecule has 0 aliphatic heterocycles. The van der Waals surface area contributed by atoms with Crippen LogP contribution >= 0.6 is 23.6 Å². The Balaban J connectivity index is 3.04. The smallest absolute Gasteiger partial charge is 0.0447 e. The average molecular weight is 175 g/mol. The third kappa shape index (κ3) is 1.66. The van der Waals surface area contributed by atoms with E-state index in [1.807, 2.05) is 19.1 Å². The van der Waals surface area contributed by atoms with E-state index in [0.29, 0.717) is 17.1 Å². The summed E-state index contributed by atoms with van der Waals surface area (Å²) in [6, 6.07) is 5.44. The quantitative estimate of drug-likeness (QED) is 0.660. The lowest BCUT2D eigenvalue weighted by Gasteiger charge is -1.97. The van der Waals surface area contributed by atoms with E-state index in [4.69, 9.17) is 16.2 Å². The second-order valence-electron chi connectivity index (χ2n) is 2.00. The van der Waals surface area contributed by atoms with Gasteiger partial charge in [0.25, 0.3) is 0 Å². The van der Waals surface area contributed by atoms with Gasteiger partial charge < -0.3 is 4.55 Å². The number of hydrogen-bond donors (Lipinski definition) is 1. The van der Waals surface area contributed by atoms with Gasteiger partial charge in [-0.05, 0) is 24.6 Å². The van der Waals surface area contributed by atoms with Crippen molar-refractivity contribution >= 4 is 23.6 Å². The first-order valence-electron chi connectivity index (χ1n) is 2.81. The highest BCUT2D eigenvalue weighted by Gasteiger charge is 1.95. The molecule has 3 heteroatoms. The van der Waals surface area contributed by atoms with Crippen LogP contribution in [0.25, 0.3) is 0 Å². The van der Waals surface area contributed by atoms with Crippen molar-refractivity contribution in [1.82, 2.24) is 0 Å². The molecular formula is C7H7ClOS. The van der Waals surface area contributed by atoms with Gasteiger partial charge in [0.2, 0.25) is 0 Å². The van der Waals surface area contributed by atoms with Gasteiger partial charge in [0.1, 0.15) is 0 Å². The molecule has 0 spiro atoms. The average Bonchev–Trinajstić information content (AvgIpc) is 1.95. The van der Waals surface area contributed by atoms with Gasteiger partial charge in [-0.25, -0.2) is 0 Å². The molecule has 1 aromatic carbocycles. The number of hydrogen-bond acceptors (Lipinski definition) is 2. The van der Waals surface area contributed by atoms with Gasteiger partial charge in [-0.15, -0.1) is 0 Å². The number of benzene rings is 1. The van der Waals surface area contributed by atoms with Crippen LogP contribution < -0.4 is 0 Å². The Morgan fingerprint density at radius 2 is 2.20 bits per heavy atom. The Hall–Kier alpha value is -0.180. The molecule has 0 unspecified atom stereocenters. The molecule has 0 aliphatic rings.